The first kappa shape index (κ1) is 19.4. The molecule has 2 N–H and O–H groups in total. The quantitative estimate of drug-likeness (QED) is 0.449. The highest BCUT2D eigenvalue weighted by Crippen LogP contribution is 2.41. The summed E-state index contributed by atoms with van der Waals surface area (Å²) in [4.78, 5) is 4.21. The summed E-state index contributed by atoms with van der Waals surface area (Å²) in [6.45, 7) is 10.1. The van der Waals surface area contributed by atoms with Gasteiger partial charge in [-0.1, -0.05) is 12.1 Å². The Morgan fingerprint density at radius 3 is 2.76 bits per heavy atom. The van der Waals surface area contributed by atoms with E-state index in [1.807, 2.05) is 26.0 Å². The predicted molar refractivity (Wildman–Crippen MR) is 101 cm³/mol. The van der Waals surface area contributed by atoms with Crippen LogP contribution in [0.5, 0.6) is 11.5 Å². The van der Waals surface area contributed by atoms with E-state index in [0.717, 1.165) is 23.9 Å². The van der Waals surface area contributed by atoms with E-state index in [-0.39, 0.29) is 11.2 Å². The first-order valence-corrected chi connectivity index (χ1v) is 8.70. The molecule has 0 spiro atoms. The number of benzene rings is 1. The molecule has 1 heterocycles. The van der Waals surface area contributed by atoms with Crippen LogP contribution in [-0.4, -0.2) is 51.0 Å². The molecule has 1 aromatic rings. The van der Waals surface area contributed by atoms with Gasteiger partial charge in [0.25, 0.3) is 0 Å². The lowest BCUT2D eigenvalue weighted by atomic mass is 10.0. The van der Waals surface area contributed by atoms with Gasteiger partial charge < -0.3 is 24.8 Å². The summed E-state index contributed by atoms with van der Waals surface area (Å²) in [5.74, 6) is 2.40. The summed E-state index contributed by atoms with van der Waals surface area (Å²) >= 11 is 0. The lowest BCUT2D eigenvalue weighted by Crippen LogP contribution is -2.46. The van der Waals surface area contributed by atoms with Gasteiger partial charge in [0.15, 0.2) is 17.5 Å². The van der Waals surface area contributed by atoms with Crippen molar-refractivity contribution in [2.75, 3.05) is 33.9 Å². The zero-order valence-electron chi connectivity index (χ0n) is 16.2. The Kier molecular flexibility index (Phi) is 6.16. The van der Waals surface area contributed by atoms with Crippen molar-refractivity contribution in [1.29, 1.82) is 0 Å². The highest BCUT2D eigenvalue weighted by molar-refractivity contribution is 5.79. The van der Waals surface area contributed by atoms with Crippen molar-refractivity contribution in [2.45, 2.75) is 45.3 Å². The van der Waals surface area contributed by atoms with Crippen LogP contribution in [0.25, 0.3) is 0 Å². The summed E-state index contributed by atoms with van der Waals surface area (Å²) in [5, 5.41) is 6.48. The number of rotatable bonds is 7. The van der Waals surface area contributed by atoms with Gasteiger partial charge in [0.1, 0.15) is 12.2 Å². The highest BCUT2D eigenvalue weighted by Gasteiger charge is 2.32. The molecule has 0 bridgehead atoms. The monoisotopic (exact) mass is 349 g/mol. The predicted octanol–water partition coefficient (Wildman–Crippen LogP) is 2.37. The van der Waals surface area contributed by atoms with Crippen molar-refractivity contribution in [2.24, 2.45) is 4.99 Å². The third-order valence-corrected chi connectivity index (χ3v) is 4.16. The van der Waals surface area contributed by atoms with Crippen LogP contribution in [0.1, 0.15) is 33.3 Å². The van der Waals surface area contributed by atoms with Crippen molar-refractivity contribution in [3.8, 4) is 11.5 Å². The van der Waals surface area contributed by atoms with Crippen molar-refractivity contribution in [3.63, 3.8) is 0 Å². The molecule has 1 aliphatic rings. The van der Waals surface area contributed by atoms with Gasteiger partial charge in [0.2, 0.25) is 0 Å². The van der Waals surface area contributed by atoms with Crippen molar-refractivity contribution in [3.05, 3.63) is 23.8 Å². The van der Waals surface area contributed by atoms with Gasteiger partial charge in [0, 0.05) is 32.7 Å². The Morgan fingerprint density at radius 1 is 1.32 bits per heavy atom. The summed E-state index contributed by atoms with van der Waals surface area (Å²) < 4.78 is 17.3. The van der Waals surface area contributed by atoms with Gasteiger partial charge in [-0.15, -0.1) is 0 Å². The summed E-state index contributed by atoms with van der Waals surface area (Å²) in [6.07, 6.45) is 0.906. The maximum absolute atomic E-state index is 6.02. The summed E-state index contributed by atoms with van der Waals surface area (Å²) in [7, 11) is 3.45. The molecule has 6 heteroatoms. The lowest BCUT2D eigenvalue weighted by molar-refractivity contribution is 0.0268. The number of methoxy groups -OCH3 is 1. The molecule has 0 saturated heterocycles. The minimum Gasteiger partial charge on any atom is -0.488 e. The van der Waals surface area contributed by atoms with E-state index in [1.54, 1.807) is 14.2 Å². The maximum atomic E-state index is 6.02. The van der Waals surface area contributed by atoms with Crippen LogP contribution in [-0.2, 0) is 11.2 Å². The van der Waals surface area contributed by atoms with Crippen LogP contribution in [0.4, 0.5) is 0 Å². The Bertz CT molecular complexity index is 612. The van der Waals surface area contributed by atoms with Gasteiger partial charge in [-0.3, -0.25) is 4.99 Å². The molecular formula is C19H31N3O3. The summed E-state index contributed by atoms with van der Waals surface area (Å²) in [5.41, 5.74) is 0.790. The van der Waals surface area contributed by atoms with Gasteiger partial charge >= 0.3 is 0 Å². The van der Waals surface area contributed by atoms with Gasteiger partial charge in [-0.25, -0.2) is 0 Å². The number of fused-ring (bicyclic) bond motifs is 1. The lowest BCUT2D eigenvalue weighted by Gasteiger charge is -2.24. The van der Waals surface area contributed by atoms with E-state index < -0.39 is 0 Å². The fourth-order valence-electron chi connectivity index (χ4n) is 2.62. The fraction of sp³-hybridized carbons (Fsp3) is 0.632. The molecule has 0 amide bonds. The third kappa shape index (κ3) is 5.53. The molecule has 6 nitrogen and oxygen atoms in total. The number of para-hydroxylation sites is 1. The number of aliphatic imine (C=N–C) groups is 1. The zero-order chi connectivity index (χ0) is 18.5. The topological polar surface area (TPSA) is 64.1 Å². The van der Waals surface area contributed by atoms with E-state index in [9.17, 15) is 0 Å². The molecule has 0 fully saturated rings. The van der Waals surface area contributed by atoms with E-state index in [2.05, 4.69) is 35.5 Å². The maximum Gasteiger partial charge on any atom is 0.191 e. The van der Waals surface area contributed by atoms with Crippen LogP contribution < -0.4 is 20.1 Å². The Balaban J connectivity index is 1.79. The smallest absolute Gasteiger partial charge is 0.191 e. The molecule has 140 valence electrons. The second-order valence-electron chi connectivity index (χ2n) is 7.45. The number of ether oxygens (including phenoxy) is 3. The normalized spacial score (nSPS) is 16.2. The Morgan fingerprint density at radius 2 is 2.08 bits per heavy atom. The second-order valence-corrected chi connectivity index (χ2v) is 7.45. The number of nitrogens with one attached hydrogen (secondary N) is 2. The number of hydrogen-bond donors (Lipinski definition) is 2. The van der Waals surface area contributed by atoms with Gasteiger partial charge in [-0.2, -0.15) is 0 Å². The minimum atomic E-state index is -0.247. The Labute approximate surface area is 151 Å². The molecule has 1 aromatic carbocycles. The SMILES string of the molecule is CN=C(NCCOc1cccc2c1OC(C)(C)C2)NCC(C)(C)OC. The Hall–Kier alpha value is -1.95. The molecule has 0 aliphatic carbocycles. The summed E-state index contributed by atoms with van der Waals surface area (Å²) in [6, 6.07) is 6.06. The van der Waals surface area contributed by atoms with Crippen LogP contribution >= 0.6 is 0 Å². The largest absolute Gasteiger partial charge is 0.488 e. The number of nitrogens with zero attached hydrogens (tertiary/aromatic N) is 1. The first-order chi connectivity index (χ1) is 11.8. The van der Waals surface area contributed by atoms with E-state index in [1.165, 1.54) is 5.56 Å². The molecule has 0 saturated carbocycles. The van der Waals surface area contributed by atoms with Crippen LogP contribution in [0.15, 0.2) is 23.2 Å². The molecular weight excluding hydrogens is 318 g/mol. The molecule has 0 atom stereocenters. The molecule has 0 radical (unpaired) electrons. The highest BCUT2D eigenvalue weighted by atomic mass is 16.5. The molecule has 25 heavy (non-hydrogen) atoms. The second kappa shape index (κ2) is 7.95. The first-order valence-electron chi connectivity index (χ1n) is 8.70. The van der Waals surface area contributed by atoms with Crippen LogP contribution in [0.3, 0.4) is 0 Å². The van der Waals surface area contributed by atoms with Crippen molar-refractivity contribution < 1.29 is 14.2 Å². The van der Waals surface area contributed by atoms with Crippen molar-refractivity contribution >= 4 is 5.96 Å². The van der Waals surface area contributed by atoms with E-state index in [4.69, 9.17) is 14.2 Å². The molecule has 2 rings (SSSR count). The van der Waals surface area contributed by atoms with Crippen molar-refractivity contribution in [1.82, 2.24) is 10.6 Å². The number of hydrogen-bond acceptors (Lipinski definition) is 4. The average molecular weight is 349 g/mol. The van der Waals surface area contributed by atoms with Crippen LogP contribution in [0, 0.1) is 0 Å². The van der Waals surface area contributed by atoms with E-state index in [0.29, 0.717) is 19.7 Å². The van der Waals surface area contributed by atoms with Gasteiger partial charge in [-0.05, 0) is 33.8 Å². The third-order valence-electron chi connectivity index (χ3n) is 4.16. The zero-order valence-corrected chi connectivity index (χ0v) is 16.2. The standard InChI is InChI=1S/C19H31N3O3/c1-18(2)12-14-8-7-9-15(16(14)25-18)24-11-10-21-17(20-5)22-13-19(3,4)23-6/h7-9H,10-13H2,1-6H3,(H2,20,21,22). The van der Waals surface area contributed by atoms with Crippen LogP contribution in [0.2, 0.25) is 0 Å². The van der Waals surface area contributed by atoms with Gasteiger partial charge in [0.05, 0.1) is 12.1 Å². The molecule has 0 aromatic heterocycles. The number of guanidine groups is 1. The average Bonchev–Trinajstić information content (AvgIpc) is 2.88. The van der Waals surface area contributed by atoms with E-state index >= 15 is 0 Å². The minimum absolute atomic E-state index is 0.167. The fourth-order valence-corrected chi connectivity index (χ4v) is 2.62. The molecule has 1 aliphatic heterocycles. The molecule has 0 unspecified atom stereocenters.